The van der Waals surface area contributed by atoms with Crippen LogP contribution in [0.4, 0.5) is 0 Å². The van der Waals surface area contributed by atoms with Crippen LogP contribution in [0.1, 0.15) is 15.9 Å². The molecule has 21 heavy (non-hydrogen) atoms. The number of carboxylic acids is 1. The summed E-state index contributed by atoms with van der Waals surface area (Å²) in [5, 5.41) is 8.92. The zero-order valence-corrected chi connectivity index (χ0v) is 13.6. The van der Waals surface area contributed by atoms with E-state index in [-0.39, 0.29) is 5.56 Å². The Labute approximate surface area is 133 Å². The highest BCUT2D eigenvalue weighted by molar-refractivity contribution is 9.10. The molecular formula is C15H13BrO4S. The molecule has 2 aromatic carbocycles. The van der Waals surface area contributed by atoms with E-state index in [4.69, 9.17) is 9.84 Å². The quantitative estimate of drug-likeness (QED) is 0.877. The molecule has 1 unspecified atom stereocenters. The van der Waals surface area contributed by atoms with E-state index < -0.39 is 16.8 Å². The number of rotatable bonds is 5. The molecule has 110 valence electrons. The van der Waals surface area contributed by atoms with Crippen molar-refractivity contribution in [3.8, 4) is 5.75 Å². The normalized spacial score (nSPS) is 11.9. The molecule has 0 saturated heterocycles. The molecule has 1 N–H and O–H groups in total. The maximum Gasteiger partial charge on any atom is 0.335 e. The van der Waals surface area contributed by atoms with Crippen molar-refractivity contribution in [2.45, 2.75) is 10.6 Å². The van der Waals surface area contributed by atoms with Crippen molar-refractivity contribution in [1.82, 2.24) is 0 Å². The third-order valence-electron chi connectivity index (χ3n) is 2.91. The summed E-state index contributed by atoms with van der Waals surface area (Å²) >= 11 is 3.32. The topological polar surface area (TPSA) is 63.6 Å². The van der Waals surface area contributed by atoms with Gasteiger partial charge in [-0.25, -0.2) is 4.79 Å². The second kappa shape index (κ2) is 6.87. The van der Waals surface area contributed by atoms with Crippen LogP contribution < -0.4 is 4.74 Å². The fourth-order valence-electron chi connectivity index (χ4n) is 1.75. The van der Waals surface area contributed by atoms with Gasteiger partial charge < -0.3 is 9.84 Å². The Balaban J connectivity index is 2.17. The van der Waals surface area contributed by atoms with Crippen LogP contribution in [0.15, 0.2) is 51.8 Å². The lowest BCUT2D eigenvalue weighted by atomic mass is 10.1. The summed E-state index contributed by atoms with van der Waals surface area (Å²) in [6.07, 6.45) is 0. The van der Waals surface area contributed by atoms with E-state index in [1.807, 2.05) is 0 Å². The number of hydrogen-bond acceptors (Lipinski definition) is 3. The standard InChI is InChI=1S/C15H13BrO4S/c1-20-12-4-6-13(7-5-12)21(19)9-11-3-2-10(15(17)18)8-14(11)16/h2-8H,9H2,1H3,(H,17,18). The molecule has 1 atom stereocenters. The lowest BCUT2D eigenvalue weighted by Gasteiger charge is -2.07. The predicted molar refractivity (Wildman–Crippen MR) is 84.2 cm³/mol. The van der Waals surface area contributed by atoms with Crippen LogP contribution in [0.5, 0.6) is 5.75 Å². The minimum absolute atomic E-state index is 0.195. The number of aromatic carboxylic acids is 1. The molecule has 0 aliphatic heterocycles. The highest BCUT2D eigenvalue weighted by Gasteiger charge is 2.11. The summed E-state index contributed by atoms with van der Waals surface area (Å²) in [6, 6.07) is 11.7. The lowest BCUT2D eigenvalue weighted by molar-refractivity contribution is 0.0697. The van der Waals surface area contributed by atoms with Crippen LogP contribution in [-0.2, 0) is 16.6 Å². The molecule has 0 amide bonds. The highest BCUT2D eigenvalue weighted by atomic mass is 79.9. The van der Waals surface area contributed by atoms with Crippen LogP contribution in [-0.4, -0.2) is 22.4 Å². The Hall–Kier alpha value is -1.66. The molecule has 0 aliphatic rings. The molecule has 0 aromatic heterocycles. The van der Waals surface area contributed by atoms with E-state index in [0.29, 0.717) is 20.9 Å². The Morgan fingerprint density at radius 2 is 1.90 bits per heavy atom. The minimum atomic E-state index is -1.21. The first-order valence-electron chi connectivity index (χ1n) is 6.05. The molecule has 2 aromatic rings. The summed E-state index contributed by atoms with van der Waals surface area (Å²) in [5.41, 5.74) is 0.995. The smallest absolute Gasteiger partial charge is 0.335 e. The Morgan fingerprint density at radius 1 is 1.24 bits per heavy atom. The predicted octanol–water partition coefficient (Wildman–Crippen LogP) is 3.46. The fourth-order valence-corrected chi connectivity index (χ4v) is 3.59. The van der Waals surface area contributed by atoms with Gasteiger partial charge in [0.05, 0.1) is 29.2 Å². The first kappa shape index (κ1) is 15.7. The average molecular weight is 369 g/mol. The third kappa shape index (κ3) is 3.92. The van der Waals surface area contributed by atoms with E-state index in [9.17, 15) is 9.00 Å². The van der Waals surface area contributed by atoms with Gasteiger partial charge in [-0.3, -0.25) is 4.21 Å². The van der Waals surface area contributed by atoms with Crippen molar-refractivity contribution in [2.24, 2.45) is 0 Å². The summed E-state index contributed by atoms with van der Waals surface area (Å²) < 4.78 is 18.0. The summed E-state index contributed by atoms with van der Waals surface area (Å²) in [4.78, 5) is 11.6. The van der Waals surface area contributed by atoms with Gasteiger partial charge in [0.25, 0.3) is 0 Å². The van der Waals surface area contributed by atoms with Gasteiger partial charge in [-0.15, -0.1) is 0 Å². The molecule has 0 heterocycles. The molecular weight excluding hydrogens is 356 g/mol. The molecule has 0 spiro atoms. The zero-order valence-electron chi connectivity index (χ0n) is 11.2. The van der Waals surface area contributed by atoms with E-state index in [2.05, 4.69) is 15.9 Å². The largest absolute Gasteiger partial charge is 0.497 e. The van der Waals surface area contributed by atoms with Gasteiger partial charge in [-0.05, 0) is 42.0 Å². The first-order valence-corrected chi connectivity index (χ1v) is 8.16. The van der Waals surface area contributed by atoms with Gasteiger partial charge in [0.15, 0.2) is 0 Å². The lowest BCUT2D eigenvalue weighted by Crippen LogP contribution is -2.00. The van der Waals surface area contributed by atoms with Crippen LogP contribution in [0.3, 0.4) is 0 Å². The molecule has 0 fully saturated rings. The van der Waals surface area contributed by atoms with E-state index in [1.54, 1.807) is 37.4 Å². The van der Waals surface area contributed by atoms with Crippen LogP contribution in [0.2, 0.25) is 0 Å². The number of carboxylic acid groups (broad SMARTS) is 1. The van der Waals surface area contributed by atoms with Crippen molar-refractivity contribution >= 4 is 32.7 Å². The van der Waals surface area contributed by atoms with Crippen molar-refractivity contribution in [3.05, 3.63) is 58.1 Å². The van der Waals surface area contributed by atoms with Crippen LogP contribution >= 0.6 is 15.9 Å². The van der Waals surface area contributed by atoms with Crippen LogP contribution in [0.25, 0.3) is 0 Å². The Kier molecular flexibility index (Phi) is 5.14. The molecule has 0 aliphatic carbocycles. The van der Waals surface area contributed by atoms with Gasteiger partial charge in [0.1, 0.15) is 5.75 Å². The van der Waals surface area contributed by atoms with Crippen molar-refractivity contribution in [3.63, 3.8) is 0 Å². The zero-order chi connectivity index (χ0) is 15.4. The molecule has 0 radical (unpaired) electrons. The van der Waals surface area contributed by atoms with Crippen LogP contribution in [0, 0.1) is 0 Å². The van der Waals surface area contributed by atoms with Crippen molar-refractivity contribution in [1.29, 1.82) is 0 Å². The number of halogens is 1. The summed E-state index contributed by atoms with van der Waals surface area (Å²) in [5.74, 6) is 0.0357. The second-order valence-corrected chi connectivity index (χ2v) is 6.58. The molecule has 6 heteroatoms. The van der Waals surface area contributed by atoms with Gasteiger partial charge in [0.2, 0.25) is 0 Å². The third-order valence-corrected chi connectivity index (χ3v) is 5.02. The van der Waals surface area contributed by atoms with E-state index in [0.717, 1.165) is 5.56 Å². The summed E-state index contributed by atoms with van der Waals surface area (Å²) in [6.45, 7) is 0. The number of methoxy groups -OCH3 is 1. The fraction of sp³-hybridized carbons (Fsp3) is 0.133. The first-order chi connectivity index (χ1) is 10.0. The number of ether oxygens (including phenoxy) is 1. The highest BCUT2D eigenvalue weighted by Crippen LogP contribution is 2.23. The van der Waals surface area contributed by atoms with Gasteiger partial charge in [-0.2, -0.15) is 0 Å². The average Bonchev–Trinajstić information content (AvgIpc) is 2.49. The SMILES string of the molecule is COc1ccc(S(=O)Cc2ccc(C(=O)O)cc2Br)cc1. The Bertz CT molecular complexity index is 683. The van der Waals surface area contributed by atoms with Gasteiger partial charge in [0, 0.05) is 9.37 Å². The molecule has 4 nitrogen and oxygen atoms in total. The number of carbonyl (C=O) groups is 1. The van der Waals surface area contributed by atoms with Gasteiger partial charge in [-0.1, -0.05) is 22.0 Å². The number of hydrogen-bond donors (Lipinski definition) is 1. The maximum atomic E-state index is 12.3. The van der Waals surface area contributed by atoms with E-state index >= 15 is 0 Å². The van der Waals surface area contributed by atoms with E-state index in [1.165, 1.54) is 12.1 Å². The van der Waals surface area contributed by atoms with Gasteiger partial charge >= 0.3 is 5.97 Å². The number of benzene rings is 2. The Morgan fingerprint density at radius 3 is 2.43 bits per heavy atom. The molecule has 0 saturated carbocycles. The molecule has 2 rings (SSSR count). The minimum Gasteiger partial charge on any atom is -0.497 e. The summed E-state index contributed by atoms with van der Waals surface area (Å²) in [7, 11) is 0.371. The maximum absolute atomic E-state index is 12.3. The monoisotopic (exact) mass is 368 g/mol. The second-order valence-electron chi connectivity index (χ2n) is 4.28. The van der Waals surface area contributed by atoms with Crippen molar-refractivity contribution < 1.29 is 18.8 Å². The van der Waals surface area contributed by atoms with Crippen molar-refractivity contribution in [2.75, 3.05) is 7.11 Å². The molecule has 0 bridgehead atoms.